The fourth-order valence-electron chi connectivity index (χ4n) is 3.62. The third-order valence-electron chi connectivity index (χ3n) is 5.54. The predicted octanol–water partition coefficient (Wildman–Crippen LogP) is 6.91. The molecule has 0 aliphatic heterocycles. The van der Waals surface area contributed by atoms with Gasteiger partial charge in [-0.05, 0) is 36.8 Å². The molecule has 0 fully saturated rings. The molecule has 0 aliphatic carbocycles. The third-order valence-corrected chi connectivity index (χ3v) is 5.54. The maximum atomic E-state index is 12.5. The van der Waals surface area contributed by atoms with Gasteiger partial charge in [-0.2, -0.15) is 0 Å². The van der Waals surface area contributed by atoms with Gasteiger partial charge in [0.05, 0.1) is 29.9 Å². The average molecular weight is 463 g/mol. The highest BCUT2D eigenvalue weighted by molar-refractivity contribution is 6.09. The molecule has 6 nitrogen and oxygen atoms in total. The van der Waals surface area contributed by atoms with Crippen molar-refractivity contribution in [3.05, 3.63) is 34.9 Å². The summed E-state index contributed by atoms with van der Waals surface area (Å²) >= 11 is 0. The van der Waals surface area contributed by atoms with Crippen LogP contribution in [0, 0.1) is 11.8 Å². The van der Waals surface area contributed by atoms with Gasteiger partial charge in [0.25, 0.3) is 0 Å². The van der Waals surface area contributed by atoms with E-state index in [4.69, 9.17) is 9.47 Å². The van der Waals surface area contributed by atoms with Crippen molar-refractivity contribution < 1.29 is 29.0 Å². The first-order valence-electron chi connectivity index (χ1n) is 12.4. The molecule has 0 spiro atoms. The van der Waals surface area contributed by atoms with Crippen LogP contribution in [0.25, 0.3) is 0 Å². The Hall–Kier alpha value is -2.37. The molecule has 0 heterocycles. The Balaban J connectivity index is 2.56. The number of unbranched alkanes of at least 4 members (excludes halogenated alkanes) is 6. The molecular formula is C27H42O6. The highest BCUT2D eigenvalue weighted by Gasteiger charge is 2.25. The van der Waals surface area contributed by atoms with Crippen molar-refractivity contribution in [3.63, 3.8) is 0 Å². The molecule has 0 aliphatic rings. The van der Waals surface area contributed by atoms with Crippen LogP contribution in [0.5, 0.6) is 0 Å². The van der Waals surface area contributed by atoms with Crippen LogP contribution in [0.2, 0.25) is 0 Å². The monoisotopic (exact) mass is 462 g/mol. The number of benzene rings is 1. The number of ether oxygens (including phenoxy) is 2. The topological polar surface area (TPSA) is 89.9 Å². The molecule has 0 atom stereocenters. The summed E-state index contributed by atoms with van der Waals surface area (Å²) in [5, 5.41) is 9.66. The second-order valence-electron chi connectivity index (χ2n) is 9.50. The van der Waals surface area contributed by atoms with Crippen LogP contribution in [-0.4, -0.2) is 36.2 Å². The Morgan fingerprint density at radius 1 is 0.697 bits per heavy atom. The zero-order valence-electron chi connectivity index (χ0n) is 20.9. The van der Waals surface area contributed by atoms with Crippen LogP contribution in [0.4, 0.5) is 0 Å². The van der Waals surface area contributed by atoms with Gasteiger partial charge in [-0.15, -0.1) is 0 Å². The molecule has 0 radical (unpaired) electrons. The highest BCUT2D eigenvalue weighted by atomic mass is 16.5. The van der Waals surface area contributed by atoms with Crippen molar-refractivity contribution in [2.24, 2.45) is 11.8 Å². The minimum Gasteiger partial charge on any atom is -0.478 e. The molecule has 1 rings (SSSR count). The summed E-state index contributed by atoms with van der Waals surface area (Å²) in [6.45, 7) is 9.24. The molecular weight excluding hydrogens is 420 g/mol. The fraction of sp³-hybridized carbons (Fsp3) is 0.667. The van der Waals surface area contributed by atoms with Gasteiger partial charge < -0.3 is 14.6 Å². The molecule has 186 valence electrons. The normalized spacial score (nSPS) is 11.1. The van der Waals surface area contributed by atoms with E-state index in [9.17, 15) is 19.5 Å². The van der Waals surface area contributed by atoms with E-state index in [1.165, 1.54) is 31.0 Å². The van der Waals surface area contributed by atoms with Crippen molar-refractivity contribution in [1.29, 1.82) is 0 Å². The summed E-state index contributed by atoms with van der Waals surface area (Å²) in [4.78, 5) is 36.8. The van der Waals surface area contributed by atoms with E-state index in [2.05, 4.69) is 27.7 Å². The smallest absolute Gasteiger partial charge is 0.339 e. The van der Waals surface area contributed by atoms with E-state index < -0.39 is 17.9 Å². The van der Waals surface area contributed by atoms with E-state index in [0.717, 1.165) is 51.4 Å². The summed E-state index contributed by atoms with van der Waals surface area (Å²) in [7, 11) is 0. The zero-order chi connectivity index (χ0) is 24.6. The van der Waals surface area contributed by atoms with Gasteiger partial charge in [0.2, 0.25) is 0 Å². The maximum Gasteiger partial charge on any atom is 0.339 e. The van der Waals surface area contributed by atoms with Gasteiger partial charge >= 0.3 is 17.9 Å². The largest absolute Gasteiger partial charge is 0.478 e. The minimum absolute atomic E-state index is 0.120. The summed E-state index contributed by atoms with van der Waals surface area (Å²) < 4.78 is 10.6. The lowest BCUT2D eigenvalue weighted by Crippen LogP contribution is -2.18. The van der Waals surface area contributed by atoms with E-state index in [1.807, 2.05) is 0 Å². The molecule has 0 unspecified atom stereocenters. The van der Waals surface area contributed by atoms with Crippen LogP contribution in [0.1, 0.15) is 123 Å². The van der Waals surface area contributed by atoms with Crippen molar-refractivity contribution in [2.75, 3.05) is 13.2 Å². The SMILES string of the molecule is CC(C)CCCCCCOC(=O)c1cccc(C(=O)OCCCCCCC(C)C)c1C(=O)O. The number of rotatable bonds is 17. The first-order valence-corrected chi connectivity index (χ1v) is 12.4. The molecule has 0 amide bonds. The Kier molecular flexibility index (Phi) is 14.1. The molecule has 6 heteroatoms. The second kappa shape index (κ2) is 16.3. The minimum atomic E-state index is -1.35. The first-order chi connectivity index (χ1) is 15.7. The summed E-state index contributed by atoms with van der Waals surface area (Å²) in [6.07, 6.45) is 10.2. The van der Waals surface area contributed by atoms with Crippen LogP contribution in [0.3, 0.4) is 0 Å². The van der Waals surface area contributed by atoms with Crippen LogP contribution < -0.4 is 0 Å². The van der Waals surface area contributed by atoms with E-state index in [1.54, 1.807) is 0 Å². The molecule has 1 aromatic carbocycles. The number of carboxylic acid groups (broad SMARTS) is 1. The lowest BCUT2D eigenvalue weighted by atomic mass is 10.0. The number of aromatic carboxylic acids is 1. The molecule has 0 bridgehead atoms. The zero-order valence-corrected chi connectivity index (χ0v) is 20.9. The quantitative estimate of drug-likeness (QED) is 0.200. The van der Waals surface area contributed by atoms with Gasteiger partial charge in [0.1, 0.15) is 0 Å². The van der Waals surface area contributed by atoms with Crippen LogP contribution >= 0.6 is 0 Å². The molecule has 0 saturated carbocycles. The number of esters is 2. The molecule has 33 heavy (non-hydrogen) atoms. The fourth-order valence-corrected chi connectivity index (χ4v) is 3.62. The average Bonchev–Trinajstić information content (AvgIpc) is 2.76. The summed E-state index contributed by atoms with van der Waals surface area (Å²) in [6, 6.07) is 4.23. The van der Waals surface area contributed by atoms with Gasteiger partial charge in [0, 0.05) is 0 Å². The highest BCUT2D eigenvalue weighted by Crippen LogP contribution is 2.19. The Morgan fingerprint density at radius 3 is 1.45 bits per heavy atom. The molecule has 1 N–H and O–H groups in total. The number of hydrogen-bond donors (Lipinski definition) is 1. The van der Waals surface area contributed by atoms with Crippen molar-refractivity contribution in [2.45, 2.75) is 91.9 Å². The molecule has 1 aromatic rings. The Morgan fingerprint density at radius 2 is 1.09 bits per heavy atom. The lowest BCUT2D eigenvalue weighted by molar-refractivity contribution is 0.0476. The summed E-state index contributed by atoms with van der Waals surface area (Å²) in [5.74, 6) is -1.43. The van der Waals surface area contributed by atoms with Crippen molar-refractivity contribution in [1.82, 2.24) is 0 Å². The van der Waals surface area contributed by atoms with E-state index >= 15 is 0 Å². The van der Waals surface area contributed by atoms with Gasteiger partial charge in [0.15, 0.2) is 0 Å². The molecule has 0 aromatic heterocycles. The number of hydrogen-bond acceptors (Lipinski definition) is 5. The van der Waals surface area contributed by atoms with Gasteiger partial charge in [-0.25, -0.2) is 14.4 Å². The van der Waals surface area contributed by atoms with E-state index in [-0.39, 0.29) is 29.9 Å². The van der Waals surface area contributed by atoms with Crippen molar-refractivity contribution >= 4 is 17.9 Å². The van der Waals surface area contributed by atoms with E-state index in [0.29, 0.717) is 11.8 Å². The summed E-state index contributed by atoms with van der Waals surface area (Å²) in [5.41, 5.74) is -0.600. The number of carbonyl (C=O) groups excluding carboxylic acids is 2. The Bertz CT molecular complexity index is 686. The number of carbonyl (C=O) groups is 3. The van der Waals surface area contributed by atoms with Crippen molar-refractivity contribution in [3.8, 4) is 0 Å². The van der Waals surface area contributed by atoms with Crippen LogP contribution in [0.15, 0.2) is 18.2 Å². The standard InChI is InChI=1S/C27H42O6/c1-20(2)14-9-5-7-11-18-32-26(30)22-16-13-17-23(24(22)25(28)29)27(31)33-19-12-8-6-10-15-21(3)4/h13,16-17,20-21H,5-12,14-15,18-19H2,1-4H3,(H,28,29). The van der Waals surface area contributed by atoms with Crippen LogP contribution in [-0.2, 0) is 9.47 Å². The maximum absolute atomic E-state index is 12.5. The second-order valence-corrected chi connectivity index (χ2v) is 9.50. The Labute approximate surface area is 199 Å². The lowest BCUT2D eigenvalue weighted by Gasteiger charge is -2.12. The number of carboxylic acids is 1. The first kappa shape index (κ1) is 28.7. The third kappa shape index (κ3) is 11.9. The van der Waals surface area contributed by atoms with Gasteiger partial charge in [-0.1, -0.05) is 85.1 Å². The van der Waals surface area contributed by atoms with Gasteiger partial charge in [-0.3, -0.25) is 0 Å². The predicted molar refractivity (Wildman–Crippen MR) is 130 cm³/mol. The molecule has 0 saturated heterocycles.